The van der Waals surface area contributed by atoms with Gasteiger partial charge in [-0.25, -0.2) is 0 Å². The smallest absolute Gasteiger partial charge is 0.0943 e. The molecule has 2 unspecified atom stereocenters. The van der Waals surface area contributed by atoms with Gasteiger partial charge in [-0.15, -0.1) is 0 Å². The number of aliphatic hydroxyl groups excluding tert-OH is 1. The van der Waals surface area contributed by atoms with E-state index >= 15 is 0 Å². The zero-order valence-electron chi connectivity index (χ0n) is 12.5. The number of hydrogen-bond acceptors (Lipinski definition) is 2. The lowest BCUT2D eigenvalue weighted by Crippen LogP contribution is -2.46. The second-order valence-electron chi connectivity index (χ2n) is 6.20. The first-order chi connectivity index (χ1) is 8.24. The van der Waals surface area contributed by atoms with Crippen LogP contribution >= 0.6 is 0 Å². The minimum Gasteiger partial charge on any atom is -0.387 e. The predicted molar refractivity (Wildman–Crippen MR) is 77.8 cm³/mol. The Kier molecular flexibility index (Phi) is 4.94. The molecule has 0 radical (unpaired) electrons. The van der Waals surface area contributed by atoms with E-state index in [1.54, 1.807) is 0 Å². The molecule has 0 aliphatic rings. The maximum Gasteiger partial charge on any atom is 0.0943 e. The molecule has 0 saturated heterocycles. The Morgan fingerprint density at radius 1 is 1.17 bits per heavy atom. The Morgan fingerprint density at radius 3 is 2.22 bits per heavy atom. The van der Waals surface area contributed by atoms with Gasteiger partial charge in [0, 0.05) is 11.6 Å². The molecule has 2 heteroatoms. The monoisotopic (exact) mass is 249 g/mol. The van der Waals surface area contributed by atoms with E-state index in [-0.39, 0.29) is 11.6 Å². The van der Waals surface area contributed by atoms with E-state index in [1.165, 1.54) is 11.1 Å². The van der Waals surface area contributed by atoms with E-state index in [0.717, 1.165) is 12.0 Å². The van der Waals surface area contributed by atoms with Crippen LogP contribution in [0.3, 0.4) is 0 Å². The molecule has 0 aromatic heterocycles. The largest absolute Gasteiger partial charge is 0.387 e. The Morgan fingerprint density at radius 2 is 1.78 bits per heavy atom. The molecular weight excluding hydrogens is 222 g/mol. The van der Waals surface area contributed by atoms with Crippen LogP contribution in [0.4, 0.5) is 0 Å². The first-order valence-corrected chi connectivity index (χ1v) is 6.77. The highest BCUT2D eigenvalue weighted by Gasteiger charge is 2.23. The van der Waals surface area contributed by atoms with Crippen molar-refractivity contribution in [1.82, 2.24) is 5.32 Å². The van der Waals surface area contributed by atoms with Crippen molar-refractivity contribution in [2.45, 2.75) is 65.6 Å². The molecule has 2 N–H and O–H groups in total. The molecule has 0 spiro atoms. The van der Waals surface area contributed by atoms with Crippen LogP contribution in [-0.2, 0) is 0 Å². The molecule has 1 aromatic carbocycles. The molecule has 1 aromatic rings. The lowest BCUT2D eigenvalue weighted by Gasteiger charge is -2.31. The van der Waals surface area contributed by atoms with Crippen molar-refractivity contribution in [2.24, 2.45) is 0 Å². The Balaban J connectivity index is 2.89. The summed E-state index contributed by atoms with van der Waals surface area (Å²) >= 11 is 0. The molecule has 0 fully saturated rings. The first-order valence-electron chi connectivity index (χ1n) is 6.77. The fourth-order valence-electron chi connectivity index (χ4n) is 2.14. The van der Waals surface area contributed by atoms with Crippen molar-refractivity contribution >= 4 is 0 Å². The molecule has 18 heavy (non-hydrogen) atoms. The van der Waals surface area contributed by atoms with E-state index in [0.29, 0.717) is 0 Å². The number of aliphatic hydroxyl groups is 1. The van der Waals surface area contributed by atoms with Crippen molar-refractivity contribution in [2.75, 3.05) is 0 Å². The summed E-state index contributed by atoms with van der Waals surface area (Å²) in [5.74, 6) is 0. The molecule has 0 aliphatic heterocycles. The van der Waals surface area contributed by atoms with Crippen LogP contribution in [0.1, 0.15) is 56.9 Å². The van der Waals surface area contributed by atoms with E-state index < -0.39 is 6.10 Å². The minimum atomic E-state index is -0.450. The van der Waals surface area contributed by atoms with Crippen molar-refractivity contribution < 1.29 is 5.11 Å². The van der Waals surface area contributed by atoms with Gasteiger partial charge in [-0.2, -0.15) is 0 Å². The maximum atomic E-state index is 10.5. The Bertz CT molecular complexity index is 393. The lowest BCUT2D eigenvalue weighted by atomic mass is 9.95. The van der Waals surface area contributed by atoms with E-state index in [2.05, 4.69) is 59.0 Å². The number of benzene rings is 1. The third kappa shape index (κ3) is 4.11. The fourth-order valence-corrected chi connectivity index (χ4v) is 2.14. The van der Waals surface area contributed by atoms with Gasteiger partial charge in [0.15, 0.2) is 0 Å². The average molecular weight is 249 g/mol. The fraction of sp³-hybridized carbons (Fsp3) is 0.625. The molecular formula is C16H27NO. The quantitative estimate of drug-likeness (QED) is 0.856. The van der Waals surface area contributed by atoms with Crippen LogP contribution in [0.2, 0.25) is 0 Å². The summed E-state index contributed by atoms with van der Waals surface area (Å²) in [6, 6.07) is 6.29. The standard InChI is InChI=1S/C16H27NO/c1-7-14(17-16(4,5)6)15(18)13-9-8-11(2)12(3)10-13/h8-10,14-15,17-18H,7H2,1-6H3. The zero-order valence-corrected chi connectivity index (χ0v) is 12.5. The van der Waals surface area contributed by atoms with Crippen LogP contribution in [0, 0.1) is 13.8 Å². The van der Waals surface area contributed by atoms with Gasteiger partial charge < -0.3 is 10.4 Å². The highest BCUT2D eigenvalue weighted by atomic mass is 16.3. The van der Waals surface area contributed by atoms with Gasteiger partial charge in [0.1, 0.15) is 0 Å². The van der Waals surface area contributed by atoms with Crippen molar-refractivity contribution in [3.05, 3.63) is 34.9 Å². The average Bonchev–Trinajstić information content (AvgIpc) is 2.27. The molecule has 0 bridgehead atoms. The van der Waals surface area contributed by atoms with Crippen LogP contribution < -0.4 is 5.32 Å². The summed E-state index contributed by atoms with van der Waals surface area (Å²) in [5, 5.41) is 14.0. The minimum absolute atomic E-state index is 0.0153. The second kappa shape index (κ2) is 5.85. The van der Waals surface area contributed by atoms with Gasteiger partial charge in [0.25, 0.3) is 0 Å². The zero-order chi connectivity index (χ0) is 13.9. The molecule has 0 aliphatic carbocycles. The van der Waals surface area contributed by atoms with Crippen molar-refractivity contribution in [3.63, 3.8) is 0 Å². The number of rotatable bonds is 4. The molecule has 1 rings (SSSR count). The van der Waals surface area contributed by atoms with Gasteiger partial charge >= 0.3 is 0 Å². The molecule has 0 amide bonds. The Labute approximate surface area is 111 Å². The van der Waals surface area contributed by atoms with E-state index in [1.807, 2.05) is 6.07 Å². The van der Waals surface area contributed by atoms with Gasteiger partial charge in [-0.1, -0.05) is 25.1 Å². The summed E-state index contributed by atoms with van der Waals surface area (Å²) < 4.78 is 0. The molecule has 0 heterocycles. The number of hydrogen-bond donors (Lipinski definition) is 2. The van der Waals surface area contributed by atoms with Gasteiger partial charge in [0.2, 0.25) is 0 Å². The molecule has 2 nitrogen and oxygen atoms in total. The second-order valence-corrected chi connectivity index (χ2v) is 6.20. The summed E-state index contributed by atoms with van der Waals surface area (Å²) in [7, 11) is 0. The van der Waals surface area contributed by atoms with E-state index in [4.69, 9.17) is 0 Å². The third-order valence-electron chi connectivity index (χ3n) is 3.31. The molecule has 2 atom stereocenters. The number of nitrogens with one attached hydrogen (secondary N) is 1. The number of aryl methyl sites for hydroxylation is 2. The lowest BCUT2D eigenvalue weighted by molar-refractivity contribution is 0.111. The van der Waals surface area contributed by atoms with Crippen LogP contribution in [0.25, 0.3) is 0 Å². The Hall–Kier alpha value is -0.860. The normalized spacial score (nSPS) is 15.5. The van der Waals surface area contributed by atoms with Crippen LogP contribution in [0.15, 0.2) is 18.2 Å². The predicted octanol–water partition coefficient (Wildman–Crippen LogP) is 3.50. The third-order valence-corrected chi connectivity index (χ3v) is 3.31. The summed E-state index contributed by atoms with van der Waals surface area (Å²) in [6.45, 7) is 12.7. The van der Waals surface area contributed by atoms with Gasteiger partial charge in [-0.3, -0.25) is 0 Å². The highest BCUT2D eigenvalue weighted by molar-refractivity contribution is 5.31. The first kappa shape index (κ1) is 15.2. The SMILES string of the molecule is CCC(NC(C)(C)C)C(O)c1ccc(C)c(C)c1. The summed E-state index contributed by atoms with van der Waals surface area (Å²) in [5.41, 5.74) is 3.52. The topological polar surface area (TPSA) is 32.3 Å². The summed E-state index contributed by atoms with van der Waals surface area (Å²) in [6.07, 6.45) is 0.458. The maximum absolute atomic E-state index is 10.5. The molecule has 0 saturated carbocycles. The van der Waals surface area contributed by atoms with E-state index in [9.17, 15) is 5.11 Å². The van der Waals surface area contributed by atoms with Crippen LogP contribution in [0.5, 0.6) is 0 Å². The van der Waals surface area contributed by atoms with Crippen molar-refractivity contribution in [1.29, 1.82) is 0 Å². The van der Waals surface area contributed by atoms with Crippen molar-refractivity contribution in [3.8, 4) is 0 Å². The van der Waals surface area contributed by atoms with Gasteiger partial charge in [-0.05, 0) is 57.7 Å². The molecule has 102 valence electrons. The van der Waals surface area contributed by atoms with Gasteiger partial charge in [0.05, 0.1) is 6.10 Å². The highest BCUT2D eigenvalue weighted by Crippen LogP contribution is 2.23. The van der Waals surface area contributed by atoms with Crippen LogP contribution in [-0.4, -0.2) is 16.7 Å². The summed E-state index contributed by atoms with van der Waals surface area (Å²) in [4.78, 5) is 0.